The van der Waals surface area contributed by atoms with E-state index in [1.807, 2.05) is 132 Å². The summed E-state index contributed by atoms with van der Waals surface area (Å²) in [4.78, 5) is 31.2. The van der Waals surface area contributed by atoms with E-state index < -0.39 is 0 Å². The van der Waals surface area contributed by atoms with E-state index in [2.05, 4.69) is 323 Å². The number of fused-ring (bicyclic) bond motifs is 33. The monoisotopic (exact) mass is 1760 g/mol. The van der Waals surface area contributed by atoms with Gasteiger partial charge in [0.05, 0.1) is 83.4 Å². The average Bonchev–Trinajstić information content (AvgIpc) is 1.56. The molecule has 30 rings (SSSR count). The lowest BCUT2D eigenvalue weighted by Gasteiger charge is -2.11. The molecule has 0 spiro atoms. The van der Waals surface area contributed by atoms with Crippen molar-refractivity contribution in [2.45, 2.75) is 6.42 Å². The molecule has 0 bridgehead atoms. The van der Waals surface area contributed by atoms with E-state index in [4.69, 9.17) is 43.2 Å². The standard InChI is InChI=1S/C41H25N3S.C40H23N3O2.C40H23N3OS/c1-3-11-25(12-4-1)33-24-34(26-13-5-2-6-14-26)43-41(42-33)44-35-18-10-9-17-32(35)38-36(44)22-21-31-30-20-19-28-23-27-15-7-8-16-29(27)37(28)39(30)45-40(31)38;1-3-11-24(12-4-1)30-23-31(25-13-5-2-6-14-25)42-40(41-30)43-32-17-9-7-15-28(32)36-33(43)21-19-26-27-20-22-35-37(39(27)45-38(26)36)29-16-8-10-18-34(29)44-35;1-3-11-24(12-4-1)30-23-31(25-13-5-2-6-14-25)42-40(41-30)43-32-17-9-7-15-28(32)36-33(43)21-19-26-27-20-22-35-37(39(27)44-38(26)36)29-16-8-10-18-34(29)45-35/h1-22,24H,23H2;2*1-23H. The highest BCUT2D eigenvalue weighted by atomic mass is 32.1. The maximum absolute atomic E-state index is 6.94. The van der Waals surface area contributed by atoms with Gasteiger partial charge < -0.3 is 13.3 Å². The molecule has 0 radical (unpaired) electrons. The van der Waals surface area contributed by atoms with Crippen LogP contribution in [0.5, 0.6) is 0 Å². The molecule has 11 heterocycles. The van der Waals surface area contributed by atoms with Gasteiger partial charge in [0.1, 0.15) is 33.5 Å². The summed E-state index contributed by atoms with van der Waals surface area (Å²) in [7, 11) is 0. The van der Waals surface area contributed by atoms with Crippen molar-refractivity contribution in [3.05, 3.63) is 430 Å². The minimum absolute atomic E-state index is 0.611. The smallest absolute Gasteiger partial charge is 0.235 e. The number of hydrogen-bond acceptors (Lipinski definition) is 11. The number of thiophene rings is 2. The normalized spacial score (nSPS) is 12.1. The van der Waals surface area contributed by atoms with Gasteiger partial charge in [0.2, 0.25) is 17.8 Å². The van der Waals surface area contributed by atoms with Gasteiger partial charge in [-0.15, -0.1) is 22.7 Å². The number of nitrogens with zero attached hydrogens (tertiary/aromatic N) is 9. The first kappa shape index (κ1) is 76.3. The third-order valence-corrected chi connectivity index (χ3v) is 29.3. The Labute approximate surface area is 778 Å². The third-order valence-electron chi connectivity index (χ3n) is 26.9. The summed E-state index contributed by atoms with van der Waals surface area (Å²) in [6, 6.07) is 146. The molecule has 0 atom stereocenters. The van der Waals surface area contributed by atoms with E-state index in [0.717, 1.165) is 194 Å². The fourth-order valence-electron chi connectivity index (χ4n) is 20.9. The topological polar surface area (TPSA) is 132 Å². The second-order valence-electron chi connectivity index (χ2n) is 34.5. The van der Waals surface area contributed by atoms with Crippen molar-refractivity contribution in [2.75, 3.05) is 0 Å². The van der Waals surface area contributed by atoms with Crippen LogP contribution in [-0.2, 0) is 6.42 Å². The largest absolute Gasteiger partial charge is 0.456 e. The molecule has 12 nitrogen and oxygen atoms in total. The highest BCUT2D eigenvalue weighted by Crippen LogP contribution is 2.53. The minimum atomic E-state index is 0.611. The predicted octanol–water partition coefficient (Wildman–Crippen LogP) is 32.7. The molecule has 1 aliphatic rings. The Morgan fingerprint density at radius 2 is 0.556 bits per heavy atom. The zero-order valence-corrected chi connectivity index (χ0v) is 73.7. The van der Waals surface area contributed by atoms with E-state index in [9.17, 15) is 0 Å². The fourth-order valence-corrected chi connectivity index (χ4v) is 23.4. The van der Waals surface area contributed by atoms with Crippen LogP contribution in [0.4, 0.5) is 0 Å². The van der Waals surface area contributed by atoms with Gasteiger partial charge in [-0.25, -0.2) is 29.9 Å². The number of benzene rings is 18. The first-order valence-electron chi connectivity index (χ1n) is 45.3. The highest BCUT2D eigenvalue weighted by Gasteiger charge is 2.30. The Kier molecular flexibility index (Phi) is 17.3. The lowest BCUT2D eigenvalue weighted by Crippen LogP contribution is -2.03. The van der Waals surface area contributed by atoms with Gasteiger partial charge in [0.15, 0.2) is 0 Å². The van der Waals surface area contributed by atoms with Gasteiger partial charge in [0, 0.05) is 128 Å². The summed E-state index contributed by atoms with van der Waals surface area (Å²) >= 11 is 3.74. The van der Waals surface area contributed by atoms with Gasteiger partial charge in [-0.2, -0.15) is 0 Å². The van der Waals surface area contributed by atoms with Crippen LogP contribution in [0.2, 0.25) is 0 Å². The van der Waals surface area contributed by atoms with Gasteiger partial charge >= 0.3 is 0 Å². The lowest BCUT2D eigenvalue weighted by atomic mass is 10.0. The number of aromatic nitrogens is 9. The second kappa shape index (κ2) is 30.5. The Bertz CT molecular complexity index is 9370. The number of hydrogen-bond donors (Lipinski definition) is 0. The molecule has 11 aromatic heterocycles. The molecular weight excluding hydrogens is 1690 g/mol. The molecular formula is C121H71N9O3S2. The maximum Gasteiger partial charge on any atom is 0.235 e. The average molecular weight is 1760 g/mol. The van der Waals surface area contributed by atoms with E-state index in [0.29, 0.717) is 17.8 Å². The molecule has 0 aliphatic heterocycles. The Morgan fingerprint density at radius 1 is 0.207 bits per heavy atom. The van der Waals surface area contributed by atoms with E-state index in [-0.39, 0.29) is 0 Å². The number of rotatable bonds is 9. The molecule has 0 saturated heterocycles. The van der Waals surface area contributed by atoms with Crippen molar-refractivity contribution in [3.63, 3.8) is 0 Å². The van der Waals surface area contributed by atoms with E-state index in [1.165, 1.54) is 73.4 Å². The third kappa shape index (κ3) is 12.1. The van der Waals surface area contributed by atoms with Gasteiger partial charge in [-0.1, -0.05) is 315 Å². The van der Waals surface area contributed by atoms with Crippen molar-refractivity contribution in [3.8, 4) is 96.5 Å². The molecule has 630 valence electrons. The molecule has 14 heteroatoms. The summed E-state index contributed by atoms with van der Waals surface area (Å²) < 4.78 is 31.8. The van der Waals surface area contributed by atoms with E-state index >= 15 is 0 Å². The van der Waals surface area contributed by atoms with Crippen LogP contribution >= 0.6 is 22.7 Å². The molecule has 0 N–H and O–H groups in total. The highest BCUT2D eigenvalue weighted by molar-refractivity contribution is 7.27. The molecule has 18 aromatic carbocycles. The van der Waals surface area contributed by atoms with Crippen LogP contribution in [0.3, 0.4) is 0 Å². The number of furan rings is 3. The Morgan fingerprint density at radius 3 is 1.03 bits per heavy atom. The van der Waals surface area contributed by atoms with Crippen LogP contribution < -0.4 is 0 Å². The molecule has 0 amide bonds. The zero-order chi connectivity index (χ0) is 88.5. The van der Waals surface area contributed by atoms with Gasteiger partial charge in [0.25, 0.3) is 0 Å². The van der Waals surface area contributed by atoms with Crippen molar-refractivity contribution in [2.24, 2.45) is 0 Å². The van der Waals surface area contributed by atoms with Crippen LogP contribution in [-0.4, -0.2) is 43.6 Å². The Balaban J connectivity index is 0.000000101. The first-order chi connectivity index (χ1) is 66.9. The summed E-state index contributed by atoms with van der Waals surface area (Å²) in [6.45, 7) is 0. The molecule has 1 aliphatic carbocycles. The van der Waals surface area contributed by atoms with Crippen molar-refractivity contribution in [1.29, 1.82) is 0 Å². The van der Waals surface area contributed by atoms with Crippen LogP contribution in [0.1, 0.15) is 11.1 Å². The van der Waals surface area contributed by atoms with Gasteiger partial charge in [-0.05, 0) is 126 Å². The summed E-state index contributed by atoms with van der Waals surface area (Å²) in [5.74, 6) is 1.92. The quantitative estimate of drug-likeness (QED) is 0.139. The van der Waals surface area contributed by atoms with Crippen LogP contribution in [0.25, 0.3) is 268 Å². The fraction of sp³-hybridized carbons (Fsp3) is 0.00826. The lowest BCUT2D eigenvalue weighted by molar-refractivity contribution is 0.664. The second-order valence-corrected chi connectivity index (χ2v) is 36.6. The number of para-hydroxylation sites is 4. The van der Waals surface area contributed by atoms with Crippen molar-refractivity contribution < 1.29 is 13.3 Å². The molecule has 0 saturated carbocycles. The summed E-state index contributed by atoms with van der Waals surface area (Å²) in [5.41, 5.74) is 28.7. The van der Waals surface area contributed by atoms with Crippen molar-refractivity contribution in [1.82, 2.24) is 43.6 Å². The first-order valence-corrected chi connectivity index (χ1v) is 47.0. The molecule has 29 aromatic rings. The predicted molar refractivity (Wildman–Crippen MR) is 558 cm³/mol. The molecule has 0 unspecified atom stereocenters. The summed E-state index contributed by atoms with van der Waals surface area (Å²) in [5, 5.41) is 18.3. The SMILES string of the molecule is c1ccc(-c2cc(-c3ccccc3)nc(-n3c4ccccc4c4c5oc6c(ccc7oc8ccccc8c76)c5ccc43)n2)cc1.c1ccc(-c2cc(-c3ccccc3)nc(-n3c4ccccc4c4c5oc6c(ccc7sc8ccccc8c76)c5ccc43)n2)cc1.c1ccc(-c2cc(-c3ccccc3)nc(-n3c4ccccc4c4c5sc6c7c(ccc6c5ccc43)Cc3ccccc3-7)n2)cc1. The zero-order valence-electron chi connectivity index (χ0n) is 72.1. The Hall–Kier alpha value is -17.6. The van der Waals surface area contributed by atoms with E-state index in [1.54, 1.807) is 0 Å². The van der Waals surface area contributed by atoms with Gasteiger partial charge in [-0.3, -0.25) is 13.7 Å². The maximum atomic E-state index is 6.94. The van der Waals surface area contributed by atoms with Crippen molar-refractivity contribution >= 4 is 194 Å². The summed E-state index contributed by atoms with van der Waals surface area (Å²) in [6.07, 6.45) is 1.00. The van der Waals surface area contributed by atoms with Crippen LogP contribution in [0, 0.1) is 0 Å². The molecule has 0 fully saturated rings. The van der Waals surface area contributed by atoms with Crippen LogP contribution in [0.15, 0.2) is 432 Å². The minimum Gasteiger partial charge on any atom is -0.456 e. The molecule has 135 heavy (non-hydrogen) atoms.